The standard InChI is InChI=1S/C12H9N3O.C2H6O/c1-2-4-9(5-3-1)16-12-11-10(6-7-13-12)14-8-15-11;1-2-3/h1-8H,(H,14,15);3H,2H2,1H3. The molecular weight excluding hydrogens is 242 g/mol. The predicted molar refractivity (Wildman–Crippen MR) is 73.2 cm³/mol. The van der Waals surface area contributed by atoms with Gasteiger partial charge >= 0.3 is 0 Å². The van der Waals surface area contributed by atoms with Crippen molar-refractivity contribution in [3.8, 4) is 11.6 Å². The number of aliphatic hydroxyl groups is 1. The number of imidazole rings is 1. The lowest BCUT2D eigenvalue weighted by Gasteiger charge is -2.03. The van der Waals surface area contributed by atoms with Gasteiger partial charge in [0.15, 0.2) is 5.52 Å². The third kappa shape index (κ3) is 3.29. The van der Waals surface area contributed by atoms with Crippen LogP contribution in [0.15, 0.2) is 48.9 Å². The van der Waals surface area contributed by atoms with E-state index < -0.39 is 0 Å². The van der Waals surface area contributed by atoms with Gasteiger partial charge in [0.25, 0.3) is 0 Å². The number of nitrogens with one attached hydrogen (secondary N) is 1. The van der Waals surface area contributed by atoms with Crippen molar-refractivity contribution in [2.45, 2.75) is 6.92 Å². The molecule has 0 spiro atoms. The number of benzene rings is 1. The van der Waals surface area contributed by atoms with Crippen LogP contribution >= 0.6 is 0 Å². The van der Waals surface area contributed by atoms with Crippen molar-refractivity contribution < 1.29 is 9.84 Å². The van der Waals surface area contributed by atoms with E-state index in [2.05, 4.69) is 15.0 Å². The van der Waals surface area contributed by atoms with E-state index in [1.165, 1.54) is 0 Å². The molecule has 3 rings (SSSR count). The summed E-state index contributed by atoms with van der Waals surface area (Å²) in [5.74, 6) is 1.27. The first-order valence-electron chi connectivity index (χ1n) is 5.97. The van der Waals surface area contributed by atoms with E-state index >= 15 is 0 Å². The highest BCUT2D eigenvalue weighted by atomic mass is 16.5. The summed E-state index contributed by atoms with van der Waals surface area (Å²) in [7, 11) is 0. The normalized spacial score (nSPS) is 9.79. The summed E-state index contributed by atoms with van der Waals surface area (Å²) in [6.07, 6.45) is 3.32. The second-order valence-corrected chi connectivity index (χ2v) is 3.65. The molecule has 0 amide bonds. The molecule has 0 aliphatic rings. The molecule has 0 unspecified atom stereocenters. The molecule has 0 fully saturated rings. The minimum absolute atomic E-state index is 0.250. The Labute approximate surface area is 110 Å². The van der Waals surface area contributed by atoms with Crippen LogP contribution in [0.3, 0.4) is 0 Å². The second-order valence-electron chi connectivity index (χ2n) is 3.65. The number of aromatic amines is 1. The number of H-pyrrole nitrogens is 1. The van der Waals surface area contributed by atoms with Crippen molar-refractivity contribution in [3.63, 3.8) is 0 Å². The van der Waals surface area contributed by atoms with Crippen molar-refractivity contribution in [3.05, 3.63) is 48.9 Å². The largest absolute Gasteiger partial charge is 0.437 e. The number of rotatable bonds is 2. The van der Waals surface area contributed by atoms with Gasteiger partial charge in [-0.2, -0.15) is 0 Å². The maximum atomic E-state index is 7.57. The lowest BCUT2D eigenvalue weighted by molar-refractivity contribution is 0.318. The van der Waals surface area contributed by atoms with Crippen LogP contribution in [-0.4, -0.2) is 26.7 Å². The van der Waals surface area contributed by atoms with Crippen molar-refractivity contribution in [2.24, 2.45) is 0 Å². The number of hydrogen-bond donors (Lipinski definition) is 2. The van der Waals surface area contributed by atoms with E-state index in [9.17, 15) is 0 Å². The molecule has 0 saturated carbocycles. The summed E-state index contributed by atoms with van der Waals surface area (Å²) in [6, 6.07) is 11.4. The number of fused-ring (bicyclic) bond motifs is 1. The molecule has 5 nitrogen and oxygen atoms in total. The molecule has 0 bridgehead atoms. The fourth-order valence-corrected chi connectivity index (χ4v) is 1.52. The van der Waals surface area contributed by atoms with E-state index in [0.717, 1.165) is 16.8 Å². The molecule has 2 aromatic heterocycles. The minimum atomic E-state index is 0.250. The van der Waals surface area contributed by atoms with Gasteiger partial charge in [-0.15, -0.1) is 0 Å². The average Bonchev–Trinajstić information content (AvgIpc) is 2.90. The van der Waals surface area contributed by atoms with E-state index in [0.29, 0.717) is 5.88 Å². The van der Waals surface area contributed by atoms with Gasteiger partial charge in [-0.1, -0.05) is 18.2 Å². The van der Waals surface area contributed by atoms with Crippen LogP contribution in [0.2, 0.25) is 0 Å². The zero-order valence-electron chi connectivity index (χ0n) is 10.6. The van der Waals surface area contributed by atoms with Gasteiger partial charge < -0.3 is 14.8 Å². The molecule has 0 radical (unpaired) electrons. The fourth-order valence-electron chi connectivity index (χ4n) is 1.52. The fraction of sp³-hybridized carbons (Fsp3) is 0.143. The Morgan fingerprint density at radius 2 is 1.89 bits per heavy atom. The van der Waals surface area contributed by atoms with Gasteiger partial charge in [0.2, 0.25) is 5.88 Å². The van der Waals surface area contributed by atoms with Gasteiger partial charge in [-0.3, -0.25) is 0 Å². The van der Waals surface area contributed by atoms with Crippen LogP contribution in [-0.2, 0) is 0 Å². The van der Waals surface area contributed by atoms with Crippen molar-refractivity contribution >= 4 is 11.0 Å². The Kier molecular flexibility index (Phi) is 4.47. The highest BCUT2D eigenvalue weighted by Gasteiger charge is 2.06. The Bertz CT molecular complexity index is 623. The SMILES string of the molecule is CCO.c1ccc(Oc2nccc3[nH]cnc23)cc1. The Hall–Kier alpha value is -2.40. The Morgan fingerprint density at radius 1 is 1.16 bits per heavy atom. The van der Waals surface area contributed by atoms with Crippen molar-refractivity contribution in [1.82, 2.24) is 15.0 Å². The van der Waals surface area contributed by atoms with Gasteiger partial charge in [-0.05, 0) is 25.1 Å². The molecule has 0 saturated heterocycles. The molecule has 2 heterocycles. The molecule has 19 heavy (non-hydrogen) atoms. The number of ether oxygens (including phenoxy) is 1. The van der Waals surface area contributed by atoms with Crippen molar-refractivity contribution in [1.29, 1.82) is 0 Å². The number of hydrogen-bond acceptors (Lipinski definition) is 4. The first-order valence-corrected chi connectivity index (χ1v) is 5.97. The summed E-state index contributed by atoms with van der Waals surface area (Å²) >= 11 is 0. The number of aliphatic hydroxyl groups excluding tert-OH is 1. The first-order chi connectivity index (χ1) is 9.35. The van der Waals surface area contributed by atoms with Crippen LogP contribution < -0.4 is 4.74 Å². The van der Waals surface area contributed by atoms with Gasteiger partial charge in [0.05, 0.1) is 11.8 Å². The quantitative estimate of drug-likeness (QED) is 0.740. The molecular formula is C14H15N3O2. The maximum absolute atomic E-state index is 7.57. The third-order valence-electron chi connectivity index (χ3n) is 2.26. The van der Waals surface area contributed by atoms with E-state index in [1.807, 2.05) is 36.4 Å². The zero-order chi connectivity index (χ0) is 13.5. The summed E-state index contributed by atoms with van der Waals surface area (Å²) in [5.41, 5.74) is 1.66. The summed E-state index contributed by atoms with van der Waals surface area (Å²) in [5, 5.41) is 7.57. The van der Waals surface area contributed by atoms with Gasteiger partial charge in [0, 0.05) is 12.8 Å². The molecule has 5 heteroatoms. The molecule has 0 aliphatic heterocycles. The van der Waals surface area contributed by atoms with Gasteiger partial charge in [0.1, 0.15) is 5.75 Å². The highest BCUT2D eigenvalue weighted by Crippen LogP contribution is 2.24. The molecule has 2 N–H and O–H groups in total. The van der Waals surface area contributed by atoms with Crippen LogP contribution in [0, 0.1) is 0 Å². The molecule has 98 valence electrons. The Balaban J connectivity index is 0.000000408. The molecule has 0 atom stereocenters. The van der Waals surface area contributed by atoms with E-state index in [4.69, 9.17) is 9.84 Å². The van der Waals surface area contributed by atoms with Crippen LogP contribution in [0.5, 0.6) is 11.6 Å². The summed E-state index contributed by atoms with van der Waals surface area (Å²) < 4.78 is 5.66. The Morgan fingerprint density at radius 3 is 2.63 bits per heavy atom. The van der Waals surface area contributed by atoms with Gasteiger partial charge in [-0.25, -0.2) is 9.97 Å². The number of pyridine rings is 1. The predicted octanol–water partition coefficient (Wildman–Crippen LogP) is 2.75. The molecule has 3 aromatic rings. The van der Waals surface area contributed by atoms with Crippen LogP contribution in [0.25, 0.3) is 11.0 Å². The highest BCUT2D eigenvalue weighted by molar-refractivity contribution is 5.79. The molecule has 0 aliphatic carbocycles. The topological polar surface area (TPSA) is 71.0 Å². The van der Waals surface area contributed by atoms with Crippen LogP contribution in [0.4, 0.5) is 0 Å². The lowest BCUT2D eigenvalue weighted by atomic mass is 10.3. The van der Waals surface area contributed by atoms with Crippen LogP contribution in [0.1, 0.15) is 6.92 Å². The monoisotopic (exact) mass is 257 g/mol. The average molecular weight is 257 g/mol. The first kappa shape index (κ1) is 13.0. The van der Waals surface area contributed by atoms with E-state index in [-0.39, 0.29) is 6.61 Å². The third-order valence-corrected chi connectivity index (χ3v) is 2.26. The maximum Gasteiger partial charge on any atom is 0.247 e. The van der Waals surface area contributed by atoms with Crippen molar-refractivity contribution in [2.75, 3.05) is 6.61 Å². The molecule has 1 aromatic carbocycles. The lowest BCUT2D eigenvalue weighted by Crippen LogP contribution is -1.88. The number of aromatic nitrogens is 3. The second kappa shape index (κ2) is 6.51. The summed E-state index contributed by atoms with van der Waals surface area (Å²) in [4.78, 5) is 11.4. The minimum Gasteiger partial charge on any atom is -0.437 e. The number of nitrogens with zero attached hydrogens (tertiary/aromatic N) is 2. The smallest absolute Gasteiger partial charge is 0.247 e. The zero-order valence-corrected chi connectivity index (χ0v) is 10.6. The van der Waals surface area contributed by atoms with E-state index in [1.54, 1.807) is 19.4 Å². The number of para-hydroxylation sites is 1. The summed E-state index contributed by atoms with van der Waals surface area (Å²) in [6.45, 7) is 1.93.